The Morgan fingerprint density at radius 2 is 1.96 bits per heavy atom. The quantitative estimate of drug-likeness (QED) is 0.614. The van der Waals surface area contributed by atoms with Crippen molar-refractivity contribution < 1.29 is 19.0 Å². The molecule has 2 fully saturated rings. The van der Waals surface area contributed by atoms with E-state index in [0.29, 0.717) is 12.5 Å². The van der Waals surface area contributed by atoms with Crippen LogP contribution >= 0.6 is 0 Å². The van der Waals surface area contributed by atoms with Crippen molar-refractivity contribution in [1.29, 1.82) is 0 Å². The Morgan fingerprint density at radius 3 is 2.68 bits per heavy atom. The van der Waals surface area contributed by atoms with Gasteiger partial charge in [-0.05, 0) is 38.3 Å². The van der Waals surface area contributed by atoms with Gasteiger partial charge in [-0.1, -0.05) is 30.4 Å². The van der Waals surface area contributed by atoms with E-state index < -0.39 is 11.3 Å². The molecule has 5 nitrogen and oxygen atoms in total. The number of allylic oxidation sites excluding steroid dienone is 1. The lowest BCUT2D eigenvalue weighted by molar-refractivity contribution is -0.156. The lowest BCUT2D eigenvalue weighted by atomic mass is 9.73. The standard InChI is InChI=1S/C20H21NO4/c1-19(2)23-11-15(25-19)16-13-8-9-14(10-13)20(16)18(22)24-17(21-20)12-6-4-3-5-7-12/h3-9,13-16H,10-11H2,1-2H3/t13-,14+,15-,16+,20+/m1/s1. The van der Waals surface area contributed by atoms with Crippen LogP contribution in [0.3, 0.4) is 0 Å². The van der Waals surface area contributed by atoms with E-state index in [9.17, 15) is 4.79 Å². The second kappa shape index (κ2) is 5.02. The maximum Gasteiger partial charge on any atom is 0.341 e. The van der Waals surface area contributed by atoms with Crippen molar-refractivity contribution in [2.75, 3.05) is 6.61 Å². The first-order chi connectivity index (χ1) is 12.0. The molecule has 1 aromatic rings. The van der Waals surface area contributed by atoms with Gasteiger partial charge in [0.2, 0.25) is 5.90 Å². The first kappa shape index (κ1) is 15.3. The van der Waals surface area contributed by atoms with Crippen molar-refractivity contribution in [3.63, 3.8) is 0 Å². The highest BCUT2D eigenvalue weighted by molar-refractivity contribution is 6.08. The summed E-state index contributed by atoms with van der Waals surface area (Å²) in [5.41, 5.74) is -0.0406. The zero-order chi connectivity index (χ0) is 17.2. The van der Waals surface area contributed by atoms with E-state index in [2.05, 4.69) is 12.2 Å². The second-order valence-corrected chi connectivity index (χ2v) is 7.78. The molecule has 5 heteroatoms. The maximum absolute atomic E-state index is 13.0. The molecule has 1 aromatic carbocycles. The predicted octanol–water partition coefficient (Wildman–Crippen LogP) is 2.70. The third kappa shape index (κ3) is 2.09. The number of benzene rings is 1. The maximum atomic E-state index is 13.0. The normalized spacial score (nSPS) is 40.7. The molecule has 5 rings (SSSR count). The van der Waals surface area contributed by atoms with Crippen molar-refractivity contribution >= 4 is 11.9 Å². The number of esters is 1. The highest BCUT2D eigenvalue weighted by atomic mass is 16.7. The average molecular weight is 339 g/mol. The zero-order valence-electron chi connectivity index (χ0n) is 14.3. The minimum absolute atomic E-state index is 0.0435. The molecular formula is C20H21NO4. The van der Waals surface area contributed by atoms with Gasteiger partial charge in [0, 0.05) is 17.4 Å². The van der Waals surface area contributed by atoms with Crippen molar-refractivity contribution in [2.24, 2.45) is 22.7 Å². The number of fused-ring (bicyclic) bond motifs is 3. The van der Waals surface area contributed by atoms with Gasteiger partial charge in [-0.2, -0.15) is 0 Å². The van der Waals surface area contributed by atoms with E-state index in [4.69, 9.17) is 19.2 Å². The summed E-state index contributed by atoms with van der Waals surface area (Å²) in [5.74, 6) is -0.136. The fourth-order valence-corrected chi connectivity index (χ4v) is 4.90. The summed E-state index contributed by atoms with van der Waals surface area (Å²) in [6.45, 7) is 4.31. The number of nitrogens with zero attached hydrogens (tertiary/aromatic N) is 1. The SMILES string of the molecule is CC1(C)OC[C@H]([C@@H]2[C@@H]3C=C[C@@H](C3)[C@]23N=C(c2ccccc2)OC3=O)O1. The summed E-state index contributed by atoms with van der Waals surface area (Å²) in [6.07, 6.45) is 5.10. The number of carbonyl (C=O) groups is 1. The number of rotatable bonds is 2. The molecule has 25 heavy (non-hydrogen) atoms. The Labute approximate surface area is 146 Å². The number of hydrogen-bond donors (Lipinski definition) is 0. The van der Waals surface area contributed by atoms with E-state index in [1.165, 1.54) is 0 Å². The molecule has 130 valence electrons. The lowest BCUT2D eigenvalue weighted by Crippen LogP contribution is -2.51. The van der Waals surface area contributed by atoms with Crippen molar-refractivity contribution in [1.82, 2.24) is 0 Å². The van der Waals surface area contributed by atoms with Gasteiger partial charge in [0.05, 0.1) is 12.7 Å². The zero-order valence-corrected chi connectivity index (χ0v) is 14.3. The molecule has 2 bridgehead atoms. The lowest BCUT2D eigenvalue weighted by Gasteiger charge is -2.35. The molecular weight excluding hydrogens is 318 g/mol. The van der Waals surface area contributed by atoms with Crippen molar-refractivity contribution in [3.05, 3.63) is 48.0 Å². The highest BCUT2D eigenvalue weighted by Gasteiger charge is 2.67. The van der Waals surface area contributed by atoms with Crippen LogP contribution in [0.2, 0.25) is 0 Å². The molecule has 2 aliphatic heterocycles. The van der Waals surface area contributed by atoms with Gasteiger partial charge in [0.15, 0.2) is 11.3 Å². The van der Waals surface area contributed by atoms with Crippen LogP contribution in [0.4, 0.5) is 0 Å². The van der Waals surface area contributed by atoms with Gasteiger partial charge in [0.25, 0.3) is 0 Å². The molecule has 1 saturated heterocycles. The van der Waals surface area contributed by atoms with E-state index in [1.807, 2.05) is 44.2 Å². The van der Waals surface area contributed by atoms with E-state index in [-0.39, 0.29) is 29.8 Å². The van der Waals surface area contributed by atoms with Gasteiger partial charge < -0.3 is 14.2 Å². The smallest absolute Gasteiger partial charge is 0.341 e. The summed E-state index contributed by atoms with van der Waals surface area (Å²) in [7, 11) is 0. The molecule has 0 aromatic heterocycles. The van der Waals surface area contributed by atoms with E-state index >= 15 is 0 Å². The largest absolute Gasteiger partial charge is 0.405 e. The van der Waals surface area contributed by atoms with Gasteiger partial charge in [-0.3, -0.25) is 0 Å². The van der Waals surface area contributed by atoms with Crippen molar-refractivity contribution in [2.45, 2.75) is 37.7 Å². The molecule has 0 amide bonds. The second-order valence-electron chi connectivity index (χ2n) is 7.78. The van der Waals surface area contributed by atoms with Crippen LogP contribution in [0.1, 0.15) is 25.8 Å². The third-order valence-corrected chi connectivity index (χ3v) is 5.91. The molecule has 2 heterocycles. The summed E-state index contributed by atoms with van der Waals surface area (Å²) in [5, 5.41) is 0. The first-order valence-corrected chi connectivity index (χ1v) is 8.87. The molecule has 2 aliphatic carbocycles. The predicted molar refractivity (Wildman–Crippen MR) is 90.9 cm³/mol. The number of ether oxygens (including phenoxy) is 3. The van der Waals surface area contributed by atoms with Crippen LogP contribution in [0, 0.1) is 17.8 Å². The molecule has 1 saturated carbocycles. The minimum atomic E-state index is -0.876. The van der Waals surface area contributed by atoms with Gasteiger partial charge in [0.1, 0.15) is 0 Å². The van der Waals surface area contributed by atoms with Crippen LogP contribution < -0.4 is 0 Å². The summed E-state index contributed by atoms with van der Waals surface area (Å²) in [6, 6.07) is 9.62. The van der Waals surface area contributed by atoms with Crippen LogP contribution in [0.25, 0.3) is 0 Å². The number of carbonyl (C=O) groups excluding carboxylic acids is 1. The Hall–Kier alpha value is -1.98. The number of cyclic esters (lactones) is 1. The first-order valence-electron chi connectivity index (χ1n) is 8.87. The molecule has 0 N–H and O–H groups in total. The Kier molecular flexibility index (Phi) is 3.07. The summed E-state index contributed by atoms with van der Waals surface area (Å²) < 4.78 is 17.6. The van der Waals surface area contributed by atoms with Gasteiger partial charge >= 0.3 is 5.97 Å². The number of aliphatic imine (C=N–C) groups is 1. The topological polar surface area (TPSA) is 57.1 Å². The molecule has 4 aliphatic rings. The fraction of sp³-hybridized carbons (Fsp3) is 0.500. The fourth-order valence-electron chi connectivity index (χ4n) is 4.90. The van der Waals surface area contributed by atoms with Gasteiger partial charge in [-0.25, -0.2) is 9.79 Å². The minimum Gasteiger partial charge on any atom is -0.405 e. The highest BCUT2D eigenvalue weighted by Crippen LogP contribution is 2.57. The molecule has 0 unspecified atom stereocenters. The molecule has 0 radical (unpaired) electrons. The Bertz CT molecular complexity index is 784. The Balaban J connectivity index is 1.57. The van der Waals surface area contributed by atoms with E-state index in [1.54, 1.807) is 0 Å². The average Bonchev–Trinajstić information content (AvgIpc) is 3.33. The monoisotopic (exact) mass is 339 g/mol. The number of hydrogen-bond acceptors (Lipinski definition) is 5. The van der Waals surface area contributed by atoms with Crippen LogP contribution in [0.5, 0.6) is 0 Å². The Morgan fingerprint density at radius 1 is 1.16 bits per heavy atom. The molecule has 5 atom stereocenters. The summed E-state index contributed by atoms with van der Waals surface area (Å²) >= 11 is 0. The summed E-state index contributed by atoms with van der Waals surface area (Å²) in [4.78, 5) is 17.9. The van der Waals surface area contributed by atoms with Crippen LogP contribution in [-0.4, -0.2) is 35.9 Å². The van der Waals surface area contributed by atoms with Crippen molar-refractivity contribution in [3.8, 4) is 0 Å². The van der Waals surface area contributed by atoms with E-state index in [0.717, 1.165) is 12.0 Å². The van der Waals surface area contributed by atoms with Gasteiger partial charge in [-0.15, -0.1) is 0 Å². The van der Waals surface area contributed by atoms with Crippen LogP contribution in [-0.2, 0) is 19.0 Å². The van der Waals surface area contributed by atoms with Crippen LogP contribution in [0.15, 0.2) is 47.5 Å². The molecule has 1 spiro atoms. The third-order valence-electron chi connectivity index (χ3n) is 5.91.